The third-order valence-electron chi connectivity index (χ3n) is 6.27. The highest BCUT2D eigenvalue weighted by Gasteiger charge is 2.55. The van der Waals surface area contributed by atoms with Crippen LogP contribution in [-0.2, 0) is 42.9 Å². The van der Waals surface area contributed by atoms with E-state index in [1.807, 2.05) is 12.5 Å². The van der Waals surface area contributed by atoms with Crippen LogP contribution in [0.5, 0.6) is 0 Å². The molecule has 2 heterocycles. The highest BCUT2D eigenvalue weighted by Crippen LogP contribution is 2.43. The molecule has 11 nitrogen and oxygen atoms in total. The van der Waals surface area contributed by atoms with Crippen molar-refractivity contribution in [3.8, 4) is 0 Å². The van der Waals surface area contributed by atoms with Gasteiger partial charge in [0.15, 0.2) is 0 Å². The lowest BCUT2D eigenvalue weighted by molar-refractivity contribution is -0.157. The number of carboxylic acids is 1. The van der Waals surface area contributed by atoms with Crippen LogP contribution in [0.25, 0.3) is 0 Å². The maximum Gasteiger partial charge on any atom is 0.310 e. The van der Waals surface area contributed by atoms with Crippen LogP contribution in [0.2, 0.25) is 0 Å². The number of ether oxygens (including phenoxy) is 4. The summed E-state index contributed by atoms with van der Waals surface area (Å²) in [6.45, 7) is 2.50. The summed E-state index contributed by atoms with van der Waals surface area (Å²) in [6, 6.07) is 0. The third-order valence-corrected chi connectivity index (χ3v) is 6.27. The first-order valence-corrected chi connectivity index (χ1v) is 12.6. The monoisotopic (exact) mass is 515 g/mol. The fraction of sp³-hybridized carbons (Fsp3) is 0.773. The van der Waals surface area contributed by atoms with Gasteiger partial charge in [0, 0.05) is 59.5 Å². The van der Waals surface area contributed by atoms with E-state index >= 15 is 0 Å². The maximum atomic E-state index is 11.1. The van der Waals surface area contributed by atoms with Crippen LogP contribution in [0.1, 0.15) is 39.5 Å². The van der Waals surface area contributed by atoms with E-state index in [4.69, 9.17) is 24.1 Å². The summed E-state index contributed by atoms with van der Waals surface area (Å²) in [5.41, 5.74) is 0. The van der Waals surface area contributed by atoms with Gasteiger partial charge in [0.2, 0.25) is 0 Å². The van der Waals surface area contributed by atoms with Crippen molar-refractivity contribution < 1.29 is 53.1 Å². The summed E-state index contributed by atoms with van der Waals surface area (Å²) >= 11 is 1.75. The fourth-order valence-corrected chi connectivity index (χ4v) is 5.10. The number of fused-ring (bicyclic) bond motifs is 2. The second kappa shape index (κ2) is 13.7. The van der Waals surface area contributed by atoms with E-state index in [-0.39, 0.29) is 75.7 Å². The molecular formula is C22H32BO11S. The van der Waals surface area contributed by atoms with Gasteiger partial charge in [-0.2, -0.15) is 11.8 Å². The van der Waals surface area contributed by atoms with E-state index < -0.39 is 30.1 Å². The maximum absolute atomic E-state index is 11.1. The highest BCUT2D eigenvalue weighted by molar-refractivity contribution is 7.97. The quantitative estimate of drug-likeness (QED) is 0.302. The second-order valence-electron chi connectivity index (χ2n) is 8.68. The Morgan fingerprint density at radius 1 is 0.914 bits per heavy atom. The molecule has 2 unspecified atom stereocenters. The molecule has 13 heteroatoms. The van der Waals surface area contributed by atoms with Gasteiger partial charge < -0.3 is 29.2 Å². The molecule has 2 saturated heterocycles. The molecule has 4 fully saturated rings. The van der Waals surface area contributed by atoms with Crippen LogP contribution in [0, 0.1) is 23.7 Å². The molecule has 0 amide bonds. The minimum Gasteiger partial charge on any atom is -0.481 e. The number of carbonyl (C=O) groups excluding carboxylic acids is 4. The van der Waals surface area contributed by atoms with Gasteiger partial charge in [0.1, 0.15) is 30.3 Å². The zero-order valence-electron chi connectivity index (χ0n) is 20.2. The van der Waals surface area contributed by atoms with Crippen molar-refractivity contribution in [2.24, 2.45) is 23.7 Å². The smallest absolute Gasteiger partial charge is 0.310 e. The van der Waals surface area contributed by atoms with Crippen molar-refractivity contribution in [2.75, 3.05) is 19.1 Å². The van der Waals surface area contributed by atoms with Crippen LogP contribution in [0.4, 0.5) is 0 Å². The molecule has 0 bridgehead atoms. The van der Waals surface area contributed by atoms with Gasteiger partial charge in [-0.05, 0) is 12.5 Å². The number of aliphatic carboxylic acids is 1. The molecule has 0 aromatic carbocycles. The Hall–Kier alpha value is -2.28. The van der Waals surface area contributed by atoms with Crippen molar-refractivity contribution in [3.63, 3.8) is 0 Å². The van der Waals surface area contributed by atoms with E-state index in [9.17, 15) is 29.1 Å². The third kappa shape index (κ3) is 7.86. The zero-order chi connectivity index (χ0) is 25.6. The second-order valence-corrected chi connectivity index (χ2v) is 9.49. The Balaban J connectivity index is 0.000000308. The van der Waals surface area contributed by atoms with Crippen LogP contribution in [-0.4, -0.2) is 92.0 Å². The molecule has 195 valence electrons. The van der Waals surface area contributed by atoms with E-state index in [0.717, 1.165) is 0 Å². The van der Waals surface area contributed by atoms with Crippen molar-refractivity contribution >= 4 is 50.0 Å². The Morgan fingerprint density at radius 2 is 1.34 bits per heavy atom. The van der Waals surface area contributed by atoms with Gasteiger partial charge in [-0.1, -0.05) is 0 Å². The Labute approximate surface area is 210 Å². The number of aliphatic hydroxyl groups excluding tert-OH is 1. The average Bonchev–Trinajstić information content (AvgIpc) is 3.40. The molecule has 2 aliphatic carbocycles. The lowest BCUT2D eigenvalue weighted by Crippen LogP contribution is -2.31. The first kappa shape index (κ1) is 30.8. The average molecular weight is 515 g/mol. The number of rotatable bonds is 4. The van der Waals surface area contributed by atoms with Crippen molar-refractivity contribution in [2.45, 2.75) is 63.9 Å². The summed E-state index contributed by atoms with van der Waals surface area (Å²) in [7, 11) is 0. The van der Waals surface area contributed by atoms with E-state index in [0.29, 0.717) is 12.8 Å². The van der Waals surface area contributed by atoms with Crippen LogP contribution < -0.4 is 0 Å². The SMILES string of the molecule is CC(=O)O[C@@H]1C[C@@H]2OC(=O)C[C@@H]2C1C(=O)O.CC(=O)O[C@@H]1C[C@@H]2OC(=O)C[C@@H]2C1CO.CSC.[B]. The summed E-state index contributed by atoms with van der Waals surface area (Å²) in [6.07, 6.45) is 3.71. The van der Waals surface area contributed by atoms with Crippen LogP contribution in [0.15, 0.2) is 0 Å². The topological polar surface area (TPSA) is 163 Å². The minimum atomic E-state index is -1.04. The normalized spacial score (nSPS) is 33.9. The highest BCUT2D eigenvalue weighted by atomic mass is 32.2. The van der Waals surface area contributed by atoms with Crippen molar-refractivity contribution in [1.29, 1.82) is 0 Å². The van der Waals surface area contributed by atoms with E-state index in [1.165, 1.54) is 13.8 Å². The van der Waals surface area contributed by atoms with E-state index in [2.05, 4.69) is 0 Å². The van der Waals surface area contributed by atoms with Gasteiger partial charge in [-0.3, -0.25) is 24.0 Å². The lowest BCUT2D eigenvalue weighted by atomic mass is 9.92. The standard InChI is InChI=1S/C10H12O6.C10H14O5.C2H6S.B/c1-4(11)15-7-3-6-5(2-8(12)16-6)9(7)10(13)14;1-5(12)14-9-3-8-6(7(9)4-11)2-10(13)15-8;1-3-2;/h5-7,9H,2-3H2,1H3,(H,13,14);6-9,11H,2-4H2,1H3;1-2H3;/t5-,6-,7+,9?;6-,7?,8+,9-;;/m01../s1. The molecule has 2 saturated carbocycles. The predicted molar refractivity (Wildman–Crippen MR) is 123 cm³/mol. The molecule has 8 atom stereocenters. The lowest BCUT2D eigenvalue weighted by Gasteiger charge is -2.19. The first-order chi connectivity index (χ1) is 16.0. The summed E-state index contributed by atoms with van der Waals surface area (Å²) in [5.74, 6) is -3.86. The number of aliphatic hydroxyl groups is 1. The van der Waals surface area contributed by atoms with Gasteiger partial charge in [-0.25, -0.2) is 0 Å². The molecule has 35 heavy (non-hydrogen) atoms. The Morgan fingerprint density at radius 3 is 1.80 bits per heavy atom. The van der Waals surface area contributed by atoms with Crippen molar-refractivity contribution in [1.82, 2.24) is 0 Å². The molecular weight excluding hydrogens is 483 g/mol. The summed E-state index contributed by atoms with van der Waals surface area (Å²) < 4.78 is 20.1. The Kier molecular flexibility index (Phi) is 12.1. The molecule has 2 N–H and O–H groups in total. The van der Waals surface area contributed by atoms with Crippen LogP contribution >= 0.6 is 11.8 Å². The number of carbonyl (C=O) groups is 5. The van der Waals surface area contributed by atoms with Crippen LogP contribution in [0.3, 0.4) is 0 Å². The number of hydrogen-bond acceptors (Lipinski definition) is 11. The molecule has 0 spiro atoms. The summed E-state index contributed by atoms with van der Waals surface area (Å²) in [4.78, 5) is 54.8. The minimum absolute atomic E-state index is 0. The molecule has 4 rings (SSSR count). The first-order valence-electron chi connectivity index (χ1n) is 11.0. The number of esters is 4. The van der Waals surface area contributed by atoms with Gasteiger partial charge in [0.05, 0.1) is 12.8 Å². The van der Waals surface area contributed by atoms with Gasteiger partial charge in [0.25, 0.3) is 0 Å². The zero-order valence-corrected chi connectivity index (χ0v) is 21.0. The summed E-state index contributed by atoms with van der Waals surface area (Å²) in [5, 5.41) is 18.3. The molecule has 3 radical (unpaired) electrons. The Bertz CT molecular complexity index is 791. The fourth-order valence-electron chi connectivity index (χ4n) is 5.10. The number of carboxylic acid groups (broad SMARTS) is 1. The largest absolute Gasteiger partial charge is 0.481 e. The molecule has 0 aromatic heterocycles. The molecule has 0 aromatic rings. The molecule has 2 aliphatic heterocycles. The number of hydrogen-bond donors (Lipinski definition) is 2. The molecule has 4 aliphatic rings. The van der Waals surface area contributed by atoms with E-state index in [1.54, 1.807) is 11.8 Å². The predicted octanol–water partition coefficient (Wildman–Crippen LogP) is 0.415. The van der Waals surface area contributed by atoms with Gasteiger partial charge >= 0.3 is 29.8 Å². The van der Waals surface area contributed by atoms with Gasteiger partial charge in [-0.15, -0.1) is 0 Å². The number of thioether (sulfide) groups is 1. The van der Waals surface area contributed by atoms with Crippen molar-refractivity contribution in [3.05, 3.63) is 0 Å².